The zero-order valence-electron chi connectivity index (χ0n) is 28.9. The van der Waals surface area contributed by atoms with Crippen LogP contribution in [0.4, 0.5) is 0 Å². The Morgan fingerprint density at radius 1 is 0.519 bits per heavy atom. The lowest BCUT2D eigenvalue weighted by Gasteiger charge is -2.39. The van der Waals surface area contributed by atoms with Gasteiger partial charge in [0, 0.05) is 11.8 Å². The van der Waals surface area contributed by atoms with E-state index < -0.39 is 86.8 Å². The van der Waals surface area contributed by atoms with Gasteiger partial charge in [0.1, 0.15) is 48.8 Å². The molecule has 8 N–H and O–H groups in total. The fourth-order valence-electron chi connectivity index (χ4n) is 7.16. The zero-order valence-corrected chi connectivity index (χ0v) is 28.9. The lowest BCUT2D eigenvalue weighted by Crippen LogP contribution is -2.60. The molecule has 4 fully saturated rings. The second-order valence-corrected chi connectivity index (χ2v) is 13.0. The maximum atomic E-state index is 10.5. The van der Waals surface area contributed by atoms with Crippen molar-refractivity contribution in [3.63, 3.8) is 0 Å². The number of rotatable bonds is 12. The minimum atomic E-state index is -1.65. The van der Waals surface area contributed by atoms with Crippen molar-refractivity contribution < 1.29 is 88.2 Å². The Balaban J connectivity index is 1.22. The molecule has 0 aliphatic carbocycles. The van der Waals surface area contributed by atoms with E-state index in [0.29, 0.717) is 24.3 Å². The summed E-state index contributed by atoms with van der Waals surface area (Å²) in [7, 11) is 5.66. The Labute approximate surface area is 298 Å². The SMILES string of the molecule is COc1cc(C2OCC3C(c4cc(OC)c(O[C@H]5O[C@H](CO)[C@@H](O)[C@H](O)[C@H]5O)c(OC)c4)OCC23)cc(OC)c1O[C@H]1O[C@H](CO)[C@@H](O)[C@H](O)[C@H]1O. The fourth-order valence-corrected chi connectivity index (χ4v) is 7.16. The minimum Gasteiger partial charge on any atom is -0.493 e. The summed E-state index contributed by atoms with van der Waals surface area (Å²) in [6, 6.07) is 6.78. The molecule has 0 radical (unpaired) electrons. The third kappa shape index (κ3) is 6.94. The first-order chi connectivity index (χ1) is 25.0. The third-order valence-corrected chi connectivity index (χ3v) is 10.1. The Hall–Kier alpha value is -3.24. The molecule has 0 bridgehead atoms. The van der Waals surface area contributed by atoms with E-state index in [9.17, 15) is 40.9 Å². The van der Waals surface area contributed by atoms with E-state index in [0.717, 1.165) is 0 Å². The molecule has 0 amide bonds. The quantitative estimate of drug-likeness (QED) is 0.119. The van der Waals surface area contributed by atoms with Crippen molar-refractivity contribution in [2.24, 2.45) is 11.8 Å². The van der Waals surface area contributed by atoms with Gasteiger partial charge in [0.2, 0.25) is 24.1 Å². The fraction of sp³-hybridized carbons (Fsp3) is 0.647. The summed E-state index contributed by atoms with van der Waals surface area (Å²) in [4.78, 5) is 0. The number of ether oxygens (including phenoxy) is 10. The Kier molecular flexibility index (Phi) is 11.8. The van der Waals surface area contributed by atoms with E-state index in [1.807, 2.05) is 0 Å². The highest BCUT2D eigenvalue weighted by atomic mass is 16.7. The van der Waals surface area contributed by atoms with Gasteiger partial charge in [0.25, 0.3) is 0 Å². The molecule has 4 aliphatic rings. The molecule has 4 unspecified atom stereocenters. The highest BCUT2D eigenvalue weighted by Gasteiger charge is 2.50. The molecule has 4 aliphatic heterocycles. The molecule has 4 heterocycles. The van der Waals surface area contributed by atoms with Crippen LogP contribution in [-0.2, 0) is 18.9 Å². The van der Waals surface area contributed by atoms with E-state index in [1.54, 1.807) is 24.3 Å². The van der Waals surface area contributed by atoms with Gasteiger partial charge in [-0.2, -0.15) is 0 Å². The summed E-state index contributed by atoms with van der Waals surface area (Å²) in [5.74, 6) is 0.683. The van der Waals surface area contributed by atoms with Crippen LogP contribution >= 0.6 is 0 Å². The van der Waals surface area contributed by atoms with E-state index in [2.05, 4.69) is 0 Å². The van der Waals surface area contributed by atoms with Gasteiger partial charge in [-0.25, -0.2) is 0 Å². The van der Waals surface area contributed by atoms with Crippen LogP contribution in [0.1, 0.15) is 23.3 Å². The standard InChI is InChI=1S/C34H46O18/c1-43-17-5-13(6-18(44-2)31(17)51-33-27(41)25(39)23(37)21(9-35)49-33)29-15-11-48-30(16(15)12-47-29)14-7-19(45-3)32(20(8-14)46-4)52-34-28(42)26(40)24(38)22(10-36)50-34/h5-8,15-16,21-30,33-42H,9-12H2,1-4H3/t15?,16?,21-,22-,23-,24-,25+,26+,27-,28-,29?,30?,33-,34-/m1/s1. The molecule has 52 heavy (non-hydrogen) atoms. The van der Waals surface area contributed by atoms with Crippen LogP contribution in [0, 0.1) is 11.8 Å². The van der Waals surface area contributed by atoms with Crippen LogP contribution in [0.3, 0.4) is 0 Å². The summed E-state index contributed by atoms with van der Waals surface area (Å²) >= 11 is 0. The summed E-state index contributed by atoms with van der Waals surface area (Å²) in [6.45, 7) is -0.604. The number of aliphatic hydroxyl groups excluding tert-OH is 8. The first-order valence-corrected chi connectivity index (χ1v) is 16.7. The van der Waals surface area contributed by atoms with Gasteiger partial charge < -0.3 is 88.2 Å². The molecular weight excluding hydrogens is 696 g/mol. The highest BCUT2D eigenvalue weighted by molar-refractivity contribution is 5.56. The van der Waals surface area contributed by atoms with Gasteiger partial charge in [-0.1, -0.05) is 0 Å². The number of methoxy groups -OCH3 is 4. The van der Waals surface area contributed by atoms with E-state index in [-0.39, 0.29) is 46.3 Å². The monoisotopic (exact) mass is 742 g/mol. The van der Waals surface area contributed by atoms with E-state index >= 15 is 0 Å². The van der Waals surface area contributed by atoms with Crippen molar-refractivity contribution in [2.75, 3.05) is 54.9 Å². The van der Waals surface area contributed by atoms with Crippen molar-refractivity contribution in [2.45, 2.75) is 73.6 Å². The average Bonchev–Trinajstić information content (AvgIpc) is 3.78. The summed E-state index contributed by atoms with van der Waals surface area (Å²) in [5, 5.41) is 81.0. The molecule has 14 atom stereocenters. The smallest absolute Gasteiger partial charge is 0.229 e. The number of fused-ring (bicyclic) bond motifs is 1. The second-order valence-electron chi connectivity index (χ2n) is 13.0. The highest BCUT2D eigenvalue weighted by Crippen LogP contribution is 2.54. The lowest BCUT2D eigenvalue weighted by atomic mass is 9.84. The molecule has 18 heteroatoms. The van der Waals surface area contributed by atoms with Crippen molar-refractivity contribution in [3.8, 4) is 34.5 Å². The molecule has 0 saturated carbocycles. The van der Waals surface area contributed by atoms with E-state index in [4.69, 9.17) is 47.4 Å². The largest absolute Gasteiger partial charge is 0.493 e. The summed E-state index contributed by atoms with van der Waals surface area (Å²) in [6.07, 6.45) is -15.9. The molecule has 6 rings (SSSR count). The molecule has 4 saturated heterocycles. The summed E-state index contributed by atoms with van der Waals surface area (Å²) < 4.78 is 58.0. The summed E-state index contributed by atoms with van der Waals surface area (Å²) in [5.41, 5.74) is 1.37. The van der Waals surface area contributed by atoms with Gasteiger partial charge in [-0.15, -0.1) is 0 Å². The van der Waals surface area contributed by atoms with E-state index in [1.165, 1.54) is 28.4 Å². The number of benzene rings is 2. The van der Waals surface area contributed by atoms with Crippen molar-refractivity contribution in [1.29, 1.82) is 0 Å². The molecule has 290 valence electrons. The third-order valence-electron chi connectivity index (χ3n) is 10.1. The maximum Gasteiger partial charge on any atom is 0.229 e. The van der Waals surface area contributed by atoms with Crippen LogP contribution in [0.2, 0.25) is 0 Å². The van der Waals surface area contributed by atoms with Crippen LogP contribution in [-0.4, -0.2) is 157 Å². The number of hydrogen-bond donors (Lipinski definition) is 8. The van der Waals surface area contributed by atoms with Crippen LogP contribution in [0.15, 0.2) is 24.3 Å². The number of aliphatic hydroxyl groups is 8. The second kappa shape index (κ2) is 16.0. The molecule has 2 aromatic rings. The van der Waals surface area contributed by atoms with Gasteiger partial charge in [0.15, 0.2) is 23.0 Å². The predicted molar refractivity (Wildman–Crippen MR) is 172 cm³/mol. The van der Waals surface area contributed by atoms with Crippen LogP contribution in [0.5, 0.6) is 34.5 Å². The van der Waals surface area contributed by atoms with Gasteiger partial charge >= 0.3 is 0 Å². The predicted octanol–water partition coefficient (Wildman–Crippen LogP) is -1.85. The van der Waals surface area contributed by atoms with Crippen LogP contribution < -0.4 is 28.4 Å². The molecule has 18 nitrogen and oxygen atoms in total. The Morgan fingerprint density at radius 3 is 1.13 bits per heavy atom. The number of hydrogen-bond acceptors (Lipinski definition) is 18. The van der Waals surface area contributed by atoms with Crippen LogP contribution in [0.25, 0.3) is 0 Å². The minimum absolute atomic E-state index is 0.0541. The molecular formula is C34H46O18. The van der Waals surface area contributed by atoms with Crippen molar-refractivity contribution in [3.05, 3.63) is 35.4 Å². The first kappa shape index (κ1) is 38.5. The van der Waals surface area contributed by atoms with Gasteiger partial charge in [-0.3, -0.25) is 0 Å². The normalized spacial score (nSPS) is 37.3. The lowest BCUT2D eigenvalue weighted by molar-refractivity contribution is -0.277. The Morgan fingerprint density at radius 2 is 0.846 bits per heavy atom. The van der Waals surface area contributed by atoms with Crippen molar-refractivity contribution >= 4 is 0 Å². The maximum absolute atomic E-state index is 10.5. The topological polar surface area (TPSA) is 254 Å². The van der Waals surface area contributed by atoms with Gasteiger partial charge in [0.05, 0.1) is 67.1 Å². The zero-order chi connectivity index (χ0) is 37.4. The molecule has 0 spiro atoms. The van der Waals surface area contributed by atoms with Crippen molar-refractivity contribution in [1.82, 2.24) is 0 Å². The first-order valence-electron chi connectivity index (χ1n) is 16.7. The molecule has 2 aromatic carbocycles. The Bertz CT molecular complexity index is 1360. The average molecular weight is 743 g/mol. The molecule has 0 aromatic heterocycles. The van der Waals surface area contributed by atoms with Gasteiger partial charge in [-0.05, 0) is 35.4 Å².